The molecule has 0 N–H and O–H groups in total. The molecule has 0 saturated carbocycles. The molecule has 1 aromatic rings. The second-order valence-electron chi connectivity index (χ2n) is 2.75. The maximum Gasteiger partial charge on any atom is 0.327 e. The number of hydrogen-bond acceptors (Lipinski definition) is 3. The van der Waals surface area contributed by atoms with Crippen LogP contribution in [0.15, 0.2) is 18.2 Å². The number of rotatable bonds is 2. The lowest BCUT2D eigenvalue weighted by molar-refractivity contribution is -0.141. The molecule has 1 rings (SSSR count). The van der Waals surface area contributed by atoms with Crippen LogP contribution in [0, 0.1) is 23.0 Å². The third-order valence-electron chi connectivity index (χ3n) is 1.84. The standard InChI is InChI=1S/C10H7F2NO2/c1-15-10(14)8(5-13)7-3-2-6(11)4-9(7)12/h2-4,8H,1H3. The maximum absolute atomic E-state index is 13.2. The quantitative estimate of drug-likeness (QED) is 0.700. The molecule has 0 aliphatic carbocycles. The summed E-state index contributed by atoms with van der Waals surface area (Å²) in [4.78, 5) is 11.1. The van der Waals surface area contributed by atoms with Crippen molar-refractivity contribution in [2.24, 2.45) is 0 Å². The number of carbonyl (C=O) groups excluding carboxylic acids is 1. The van der Waals surface area contributed by atoms with Gasteiger partial charge in [-0.2, -0.15) is 5.26 Å². The Morgan fingerprint density at radius 2 is 2.20 bits per heavy atom. The lowest BCUT2D eigenvalue weighted by Gasteiger charge is -2.07. The van der Waals surface area contributed by atoms with Gasteiger partial charge in [0.1, 0.15) is 11.6 Å². The van der Waals surface area contributed by atoms with E-state index in [1.165, 1.54) is 0 Å². The van der Waals surface area contributed by atoms with Crippen molar-refractivity contribution >= 4 is 5.97 Å². The molecule has 3 nitrogen and oxygen atoms in total. The van der Waals surface area contributed by atoms with E-state index >= 15 is 0 Å². The van der Waals surface area contributed by atoms with Crippen molar-refractivity contribution in [1.29, 1.82) is 5.26 Å². The molecule has 78 valence electrons. The van der Waals surface area contributed by atoms with E-state index in [4.69, 9.17) is 5.26 Å². The van der Waals surface area contributed by atoms with Crippen LogP contribution < -0.4 is 0 Å². The first kappa shape index (κ1) is 11.1. The zero-order valence-electron chi connectivity index (χ0n) is 7.83. The molecule has 0 amide bonds. The highest BCUT2D eigenvalue weighted by molar-refractivity contribution is 5.81. The summed E-state index contributed by atoms with van der Waals surface area (Å²) in [6.07, 6.45) is 0. The Bertz CT molecular complexity index is 426. The van der Waals surface area contributed by atoms with Gasteiger partial charge in [0.15, 0.2) is 5.92 Å². The number of ether oxygens (including phenoxy) is 1. The number of hydrogen-bond donors (Lipinski definition) is 0. The van der Waals surface area contributed by atoms with E-state index < -0.39 is 23.5 Å². The lowest BCUT2D eigenvalue weighted by Crippen LogP contribution is -2.14. The Morgan fingerprint density at radius 1 is 1.53 bits per heavy atom. The van der Waals surface area contributed by atoms with Crippen LogP contribution in [0.3, 0.4) is 0 Å². The van der Waals surface area contributed by atoms with E-state index in [1.54, 1.807) is 6.07 Å². The highest BCUT2D eigenvalue weighted by Gasteiger charge is 2.24. The minimum Gasteiger partial charge on any atom is -0.468 e. The molecule has 0 fully saturated rings. The van der Waals surface area contributed by atoms with Gasteiger partial charge in [-0.05, 0) is 6.07 Å². The summed E-state index contributed by atoms with van der Waals surface area (Å²) in [6.45, 7) is 0. The number of nitriles is 1. The van der Waals surface area contributed by atoms with Crippen LogP contribution >= 0.6 is 0 Å². The van der Waals surface area contributed by atoms with Crippen LogP contribution in [-0.4, -0.2) is 13.1 Å². The van der Waals surface area contributed by atoms with Gasteiger partial charge < -0.3 is 4.74 Å². The molecule has 0 spiro atoms. The average Bonchev–Trinajstić information content (AvgIpc) is 2.21. The molecule has 0 bridgehead atoms. The third kappa shape index (κ3) is 2.29. The van der Waals surface area contributed by atoms with Crippen LogP contribution in [0.2, 0.25) is 0 Å². The zero-order chi connectivity index (χ0) is 11.4. The Labute approximate surface area is 84.9 Å². The van der Waals surface area contributed by atoms with E-state index in [0.29, 0.717) is 6.07 Å². The molecule has 15 heavy (non-hydrogen) atoms. The minimum atomic E-state index is -1.37. The van der Waals surface area contributed by atoms with Crippen LogP contribution in [0.25, 0.3) is 0 Å². The fraction of sp³-hybridized carbons (Fsp3) is 0.200. The molecule has 0 saturated heterocycles. The highest BCUT2D eigenvalue weighted by Crippen LogP contribution is 2.20. The van der Waals surface area contributed by atoms with Gasteiger partial charge >= 0.3 is 5.97 Å². The van der Waals surface area contributed by atoms with Crippen molar-refractivity contribution in [3.8, 4) is 6.07 Å². The summed E-state index contributed by atoms with van der Waals surface area (Å²) >= 11 is 0. The van der Waals surface area contributed by atoms with Gasteiger partial charge in [-0.3, -0.25) is 4.79 Å². The Kier molecular flexibility index (Phi) is 3.34. The smallest absolute Gasteiger partial charge is 0.327 e. The SMILES string of the molecule is COC(=O)C(C#N)c1ccc(F)cc1F. The normalized spacial score (nSPS) is 11.6. The third-order valence-corrected chi connectivity index (χ3v) is 1.84. The number of halogens is 2. The van der Waals surface area contributed by atoms with Crippen LogP contribution in [-0.2, 0) is 9.53 Å². The summed E-state index contributed by atoms with van der Waals surface area (Å²) in [6, 6.07) is 4.23. The van der Waals surface area contributed by atoms with Crippen molar-refractivity contribution < 1.29 is 18.3 Å². The van der Waals surface area contributed by atoms with Gasteiger partial charge in [0.25, 0.3) is 0 Å². The van der Waals surface area contributed by atoms with Crippen molar-refractivity contribution in [2.75, 3.05) is 7.11 Å². The molecular weight excluding hydrogens is 204 g/mol. The molecule has 1 atom stereocenters. The minimum absolute atomic E-state index is 0.189. The first-order valence-corrected chi connectivity index (χ1v) is 4.02. The molecule has 1 aromatic carbocycles. The maximum atomic E-state index is 13.2. The Hall–Kier alpha value is -1.96. The van der Waals surface area contributed by atoms with E-state index in [1.807, 2.05) is 0 Å². The van der Waals surface area contributed by atoms with E-state index in [2.05, 4.69) is 4.74 Å². The fourth-order valence-electron chi connectivity index (χ4n) is 1.10. The number of carbonyl (C=O) groups is 1. The molecule has 0 aliphatic rings. The van der Waals surface area contributed by atoms with Gasteiger partial charge in [-0.1, -0.05) is 6.07 Å². The Balaban J connectivity index is 3.14. The van der Waals surface area contributed by atoms with Gasteiger partial charge in [0, 0.05) is 11.6 Å². The van der Waals surface area contributed by atoms with Gasteiger partial charge in [-0.15, -0.1) is 0 Å². The molecular formula is C10H7F2NO2. The summed E-state index contributed by atoms with van der Waals surface area (Å²) in [5, 5.41) is 8.66. The highest BCUT2D eigenvalue weighted by atomic mass is 19.1. The van der Waals surface area contributed by atoms with Crippen LogP contribution in [0.1, 0.15) is 11.5 Å². The van der Waals surface area contributed by atoms with Crippen molar-refractivity contribution in [1.82, 2.24) is 0 Å². The van der Waals surface area contributed by atoms with E-state index in [-0.39, 0.29) is 5.56 Å². The van der Waals surface area contributed by atoms with E-state index in [9.17, 15) is 13.6 Å². The van der Waals surface area contributed by atoms with Crippen LogP contribution in [0.5, 0.6) is 0 Å². The van der Waals surface area contributed by atoms with Gasteiger partial charge in [0.05, 0.1) is 13.2 Å². The summed E-state index contributed by atoms with van der Waals surface area (Å²) in [7, 11) is 1.09. The molecule has 0 aliphatic heterocycles. The predicted octanol–water partition coefficient (Wildman–Crippen LogP) is 1.74. The van der Waals surface area contributed by atoms with Crippen molar-refractivity contribution in [3.63, 3.8) is 0 Å². The lowest BCUT2D eigenvalue weighted by atomic mass is 10.0. The predicted molar refractivity (Wildman–Crippen MR) is 46.7 cm³/mol. The van der Waals surface area contributed by atoms with E-state index in [0.717, 1.165) is 19.2 Å². The molecule has 0 heterocycles. The molecule has 0 aromatic heterocycles. The largest absolute Gasteiger partial charge is 0.468 e. The number of benzene rings is 1. The summed E-state index contributed by atoms with van der Waals surface area (Å²) < 4.78 is 30.1. The second-order valence-corrected chi connectivity index (χ2v) is 2.75. The summed E-state index contributed by atoms with van der Waals surface area (Å²) in [5.41, 5.74) is -0.189. The first-order valence-electron chi connectivity index (χ1n) is 4.02. The molecule has 0 radical (unpaired) electrons. The number of esters is 1. The van der Waals surface area contributed by atoms with Gasteiger partial charge in [0.2, 0.25) is 0 Å². The Morgan fingerprint density at radius 3 is 2.67 bits per heavy atom. The second kappa shape index (κ2) is 4.51. The summed E-state index contributed by atoms with van der Waals surface area (Å²) in [5.74, 6) is -3.94. The topological polar surface area (TPSA) is 50.1 Å². The van der Waals surface area contributed by atoms with Crippen molar-refractivity contribution in [3.05, 3.63) is 35.4 Å². The monoisotopic (exact) mass is 211 g/mol. The molecule has 5 heteroatoms. The molecule has 1 unspecified atom stereocenters. The number of nitrogens with zero attached hydrogens (tertiary/aromatic N) is 1. The van der Waals surface area contributed by atoms with Gasteiger partial charge in [-0.25, -0.2) is 8.78 Å². The zero-order valence-corrected chi connectivity index (χ0v) is 7.83. The average molecular weight is 211 g/mol. The first-order chi connectivity index (χ1) is 7.10. The fourth-order valence-corrected chi connectivity index (χ4v) is 1.10. The number of methoxy groups -OCH3 is 1. The van der Waals surface area contributed by atoms with Crippen molar-refractivity contribution in [2.45, 2.75) is 5.92 Å². The van der Waals surface area contributed by atoms with Crippen LogP contribution in [0.4, 0.5) is 8.78 Å².